The Hall–Kier alpha value is -3.09. The van der Waals surface area contributed by atoms with Crippen LogP contribution >= 0.6 is 0 Å². The minimum Gasteiger partial charge on any atom is -0.454 e. The quantitative estimate of drug-likeness (QED) is 0.364. The average Bonchev–Trinajstić information content (AvgIpc) is 3.31. The van der Waals surface area contributed by atoms with Gasteiger partial charge in [-0.15, -0.1) is 0 Å². The second kappa shape index (κ2) is 9.41. The highest BCUT2D eigenvalue weighted by Gasteiger charge is 2.38. The molecule has 36 heavy (non-hydrogen) atoms. The average molecular weight is 517 g/mol. The van der Waals surface area contributed by atoms with E-state index in [4.69, 9.17) is 4.42 Å². The number of aliphatic hydroxyl groups is 1. The van der Waals surface area contributed by atoms with Crippen LogP contribution in [0.25, 0.3) is 22.3 Å². The Labute approximate surface area is 202 Å². The summed E-state index contributed by atoms with van der Waals surface area (Å²) in [5.41, 5.74) is -0.405. The van der Waals surface area contributed by atoms with Crippen LogP contribution < -0.4 is 10.6 Å². The van der Waals surface area contributed by atoms with Gasteiger partial charge in [-0.2, -0.15) is 31.3 Å². The summed E-state index contributed by atoms with van der Waals surface area (Å²) in [4.78, 5) is 11.8. The number of aromatic nitrogens is 3. The predicted molar refractivity (Wildman–Crippen MR) is 120 cm³/mol. The molecule has 0 aliphatic heterocycles. The van der Waals surface area contributed by atoms with Gasteiger partial charge in [-0.3, -0.25) is 0 Å². The minimum atomic E-state index is -4.64. The van der Waals surface area contributed by atoms with Gasteiger partial charge in [0.25, 0.3) is 0 Å². The van der Waals surface area contributed by atoms with Crippen molar-refractivity contribution in [1.29, 1.82) is 0 Å². The first-order chi connectivity index (χ1) is 16.8. The van der Waals surface area contributed by atoms with Gasteiger partial charge in [0.1, 0.15) is 23.8 Å². The predicted octanol–water partition coefficient (Wildman–Crippen LogP) is 5.65. The highest BCUT2D eigenvalue weighted by Crippen LogP contribution is 2.41. The number of anilines is 2. The molecule has 0 saturated heterocycles. The zero-order valence-electron chi connectivity index (χ0n) is 19.6. The summed E-state index contributed by atoms with van der Waals surface area (Å²) in [6, 6.07) is 2.09. The third kappa shape index (κ3) is 5.35. The van der Waals surface area contributed by atoms with E-state index in [1.165, 1.54) is 6.07 Å². The Balaban J connectivity index is 1.77. The van der Waals surface area contributed by atoms with Crippen molar-refractivity contribution in [3.05, 3.63) is 29.7 Å². The van der Waals surface area contributed by atoms with Crippen molar-refractivity contribution in [2.75, 3.05) is 23.8 Å². The summed E-state index contributed by atoms with van der Waals surface area (Å²) in [5.74, 6) is 0.380. The van der Waals surface area contributed by atoms with Gasteiger partial charge in [-0.1, -0.05) is 13.8 Å². The number of hydrogen-bond acceptors (Lipinski definition) is 7. The molecule has 0 radical (unpaired) electrons. The molecular weight excluding hydrogens is 492 g/mol. The first kappa shape index (κ1) is 26.0. The summed E-state index contributed by atoms with van der Waals surface area (Å²) in [5, 5.41) is 15.3. The lowest BCUT2D eigenvalue weighted by atomic mass is 9.92. The third-order valence-electron chi connectivity index (χ3n) is 6.80. The Morgan fingerprint density at radius 1 is 1.08 bits per heavy atom. The molecule has 3 aromatic rings. The molecule has 4 atom stereocenters. The van der Waals surface area contributed by atoms with Crippen LogP contribution in [-0.4, -0.2) is 45.4 Å². The van der Waals surface area contributed by atoms with Gasteiger partial charge in [0, 0.05) is 18.0 Å². The molecule has 4 rings (SSSR count). The number of nitrogens with one attached hydrogen (secondary N) is 2. The van der Waals surface area contributed by atoms with E-state index in [2.05, 4.69) is 25.6 Å². The van der Waals surface area contributed by atoms with Gasteiger partial charge in [0.2, 0.25) is 5.95 Å². The summed E-state index contributed by atoms with van der Waals surface area (Å²) < 4.78 is 83.4. The molecule has 4 unspecified atom stereocenters. The van der Waals surface area contributed by atoms with Crippen LogP contribution in [0, 0.1) is 24.7 Å². The summed E-state index contributed by atoms with van der Waals surface area (Å²) >= 11 is 0. The fourth-order valence-electron chi connectivity index (χ4n) is 4.61. The zero-order valence-corrected chi connectivity index (χ0v) is 19.6. The van der Waals surface area contributed by atoms with Crippen molar-refractivity contribution in [1.82, 2.24) is 15.0 Å². The molecule has 1 saturated carbocycles. The van der Waals surface area contributed by atoms with Gasteiger partial charge in [0.05, 0.1) is 17.5 Å². The van der Waals surface area contributed by atoms with E-state index in [0.29, 0.717) is 12.0 Å². The van der Waals surface area contributed by atoms with E-state index in [1.54, 1.807) is 6.92 Å². The van der Waals surface area contributed by atoms with Crippen molar-refractivity contribution in [2.45, 2.75) is 45.6 Å². The summed E-state index contributed by atoms with van der Waals surface area (Å²) in [7, 11) is 0. The number of aryl methyl sites for hydroxylation is 1. The second-order valence-corrected chi connectivity index (χ2v) is 9.19. The van der Waals surface area contributed by atoms with Crippen LogP contribution in [0.15, 0.2) is 22.7 Å². The number of halogens is 6. The van der Waals surface area contributed by atoms with Crippen molar-refractivity contribution in [3.8, 4) is 11.3 Å². The Kier molecular flexibility index (Phi) is 6.80. The van der Waals surface area contributed by atoms with E-state index < -0.39 is 24.6 Å². The lowest BCUT2D eigenvalue weighted by molar-refractivity contribution is -0.141. The summed E-state index contributed by atoms with van der Waals surface area (Å²) in [6.45, 7) is 4.21. The first-order valence-electron chi connectivity index (χ1n) is 11.3. The monoisotopic (exact) mass is 517 g/mol. The largest absolute Gasteiger partial charge is 0.454 e. The highest BCUT2D eigenvalue weighted by molar-refractivity contribution is 5.86. The van der Waals surface area contributed by atoms with Gasteiger partial charge in [-0.25, -0.2) is 9.97 Å². The van der Waals surface area contributed by atoms with E-state index in [0.717, 1.165) is 12.3 Å². The Bertz CT molecular complexity index is 1240. The molecule has 1 fully saturated rings. The standard InChI is InChI=1S/C23H25F6N5O2/c1-10-11(2)15(4-14(10)8-35)33-20-19(12(3)32-21(34-20)31-9-22(24,25)26)16-5-13-6-18(23(27,28)29)30-7-17(13)36-16/h5-7,10-11,14-15,35H,4,8-9H2,1-3H3,(H2,31,32,33,34). The van der Waals surface area contributed by atoms with Gasteiger partial charge in [-0.05, 0) is 43.2 Å². The summed E-state index contributed by atoms with van der Waals surface area (Å²) in [6.07, 6.45) is -7.56. The lowest BCUT2D eigenvalue weighted by Gasteiger charge is -2.22. The van der Waals surface area contributed by atoms with Crippen LogP contribution in [0.1, 0.15) is 31.7 Å². The van der Waals surface area contributed by atoms with Crippen LogP contribution in [0.5, 0.6) is 0 Å². The van der Waals surface area contributed by atoms with Crippen molar-refractivity contribution in [2.24, 2.45) is 17.8 Å². The van der Waals surface area contributed by atoms with Crippen molar-refractivity contribution >= 4 is 22.7 Å². The fourth-order valence-corrected chi connectivity index (χ4v) is 4.61. The molecule has 0 spiro atoms. The van der Waals surface area contributed by atoms with Crippen LogP contribution in [0.4, 0.5) is 38.1 Å². The Morgan fingerprint density at radius 3 is 2.42 bits per heavy atom. The Morgan fingerprint density at radius 2 is 1.81 bits per heavy atom. The molecular formula is C23H25F6N5O2. The number of aliphatic hydroxyl groups excluding tert-OH is 1. The second-order valence-electron chi connectivity index (χ2n) is 9.19. The smallest absolute Gasteiger partial charge is 0.433 e. The normalized spacial score (nSPS) is 22.8. The molecule has 0 amide bonds. The van der Waals surface area contributed by atoms with E-state index in [1.807, 2.05) is 13.8 Å². The number of hydrogen-bond donors (Lipinski definition) is 3. The number of rotatable bonds is 6. The molecule has 196 valence electrons. The van der Waals surface area contributed by atoms with Crippen LogP contribution in [-0.2, 0) is 6.18 Å². The van der Waals surface area contributed by atoms with Gasteiger partial charge in [0.15, 0.2) is 5.58 Å². The van der Waals surface area contributed by atoms with Gasteiger partial charge >= 0.3 is 12.4 Å². The maximum absolute atomic E-state index is 13.1. The maximum Gasteiger partial charge on any atom is 0.433 e. The minimum absolute atomic E-state index is 0.00412. The SMILES string of the molecule is Cc1nc(NCC(F)(F)F)nc(NC2CC(CO)C(C)C2C)c1-c1cc2cc(C(F)(F)F)ncc2o1. The van der Waals surface area contributed by atoms with Crippen LogP contribution in [0.3, 0.4) is 0 Å². The lowest BCUT2D eigenvalue weighted by Crippen LogP contribution is -2.26. The van der Waals surface area contributed by atoms with Crippen molar-refractivity contribution < 1.29 is 35.9 Å². The highest BCUT2D eigenvalue weighted by atomic mass is 19.4. The third-order valence-corrected chi connectivity index (χ3v) is 6.80. The molecule has 3 heterocycles. The first-order valence-corrected chi connectivity index (χ1v) is 11.3. The molecule has 0 bridgehead atoms. The number of nitrogens with zero attached hydrogens (tertiary/aromatic N) is 3. The molecule has 3 aromatic heterocycles. The number of furan rings is 1. The molecule has 7 nitrogen and oxygen atoms in total. The fraction of sp³-hybridized carbons (Fsp3) is 0.522. The maximum atomic E-state index is 13.1. The molecule has 1 aliphatic carbocycles. The van der Waals surface area contributed by atoms with E-state index in [-0.39, 0.29) is 64.6 Å². The van der Waals surface area contributed by atoms with Gasteiger partial charge < -0.3 is 20.2 Å². The van der Waals surface area contributed by atoms with Crippen molar-refractivity contribution in [3.63, 3.8) is 0 Å². The molecule has 3 N–H and O–H groups in total. The topological polar surface area (TPSA) is 96.1 Å². The van der Waals surface area contributed by atoms with Crippen LogP contribution in [0.2, 0.25) is 0 Å². The number of alkyl halides is 6. The zero-order chi connectivity index (χ0) is 26.4. The number of pyridine rings is 1. The van der Waals surface area contributed by atoms with E-state index in [9.17, 15) is 31.4 Å². The molecule has 1 aliphatic rings. The van der Waals surface area contributed by atoms with E-state index >= 15 is 0 Å². The number of fused-ring (bicyclic) bond motifs is 1. The molecule has 0 aromatic carbocycles. The molecule has 13 heteroatoms.